The van der Waals surface area contributed by atoms with E-state index in [4.69, 9.17) is 10.3 Å². The highest BCUT2D eigenvalue weighted by atomic mass is 19.1. The lowest BCUT2D eigenvalue weighted by molar-refractivity contribution is 0.520. The van der Waals surface area contributed by atoms with Gasteiger partial charge in [0.1, 0.15) is 11.4 Å². The van der Waals surface area contributed by atoms with Crippen molar-refractivity contribution in [3.8, 4) is 0 Å². The molecule has 1 unspecified atom stereocenters. The largest absolute Gasteiger partial charge is 0.464 e. The Morgan fingerprint density at radius 2 is 1.85 bits per heavy atom. The van der Waals surface area contributed by atoms with E-state index >= 15 is 0 Å². The Hall–Kier alpha value is -2.17. The fourth-order valence-corrected chi connectivity index (χ4v) is 2.41. The van der Waals surface area contributed by atoms with Crippen LogP contribution in [0.5, 0.6) is 0 Å². The fourth-order valence-electron chi connectivity index (χ4n) is 2.41. The standard InChI is InChI=1S/C16H15FN2O/c17-14-7-3-1-5-11(14)9-15(19-18)13-10-20-16-8-4-2-6-12(13)16/h1-8,10,15,19H,9,18H2. The summed E-state index contributed by atoms with van der Waals surface area (Å²) < 4.78 is 19.3. The van der Waals surface area contributed by atoms with E-state index in [9.17, 15) is 4.39 Å². The minimum atomic E-state index is -0.222. The van der Waals surface area contributed by atoms with Gasteiger partial charge in [-0.05, 0) is 24.1 Å². The molecule has 0 fully saturated rings. The van der Waals surface area contributed by atoms with E-state index in [1.165, 1.54) is 6.07 Å². The Labute approximate surface area is 116 Å². The Morgan fingerprint density at radius 3 is 2.65 bits per heavy atom. The molecule has 3 N–H and O–H groups in total. The van der Waals surface area contributed by atoms with Gasteiger partial charge in [0.05, 0.1) is 12.3 Å². The van der Waals surface area contributed by atoms with Crippen LogP contribution in [-0.2, 0) is 6.42 Å². The first-order chi connectivity index (χ1) is 9.79. The molecule has 0 amide bonds. The molecule has 0 aliphatic heterocycles. The number of fused-ring (bicyclic) bond motifs is 1. The monoisotopic (exact) mass is 270 g/mol. The van der Waals surface area contributed by atoms with Crippen molar-refractivity contribution in [3.05, 3.63) is 71.7 Å². The molecule has 3 nitrogen and oxygen atoms in total. The van der Waals surface area contributed by atoms with Crippen LogP contribution in [0.25, 0.3) is 11.0 Å². The molecule has 4 heteroatoms. The van der Waals surface area contributed by atoms with Gasteiger partial charge >= 0.3 is 0 Å². The van der Waals surface area contributed by atoms with Gasteiger partial charge in [0.25, 0.3) is 0 Å². The van der Waals surface area contributed by atoms with Crippen LogP contribution < -0.4 is 11.3 Å². The summed E-state index contributed by atoms with van der Waals surface area (Å²) in [5, 5.41) is 0.992. The van der Waals surface area contributed by atoms with E-state index in [-0.39, 0.29) is 11.9 Å². The van der Waals surface area contributed by atoms with E-state index in [0.717, 1.165) is 16.5 Å². The van der Waals surface area contributed by atoms with Crippen molar-refractivity contribution in [2.24, 2.45) is 5.84 Å². The van der Waals surface area contributed by atoms with Gasteiger partial charge in [-0.1, -0.05) is 36.4 Å². The van der Waals surface area contributed by atoms with Crippen molar-refractivity contribution < 1.29 is 8.81 Å². The lowest BCUT2D eigenvalue weighted by Crippen LogP contribution is -2.29. The van der Waals surface area contributed by atoms with E-state index in [0.29, 0.717) is 12.0 Å². The van der Waals surface area contributed by atoms with Crippen LogP contribution in [0.2, 0.25) is 0 Å². The molecule has 2 aromatic carbocycles. The zero-order chi connectivity index (χ0) is 13.9. The first-order valence-electron chi connectivity index (χ1n) is 6.45. The summed E-state index contributed by atoms with van der Waals surface area (Å²) in [5.41, 5.74) is 5.11. The average molecular weight is 270 g/mol. The number of benzene rings is 2. The Kier molecular flexibility index (Phi) is 3.50. The predicted octanol–water partition coefficient (Wildman–Crippen LogP) is 3.32. The molecule has 0 saturated carbocycles. The van der Waals surface area contributed by atoms with E-state index in [1.54, 1.807) is 18.4 Å². The Bertz CT molecular complexity index is 723. The highest BCUT2D eigenvalue weighted by Gasteiger charge is 2.17. The lowest BCUT2D eigenvalue weighted by atomic mass is 9.98. The quantitative estimate of drug-likeness (QED) is 0.565. The van der Waals surface area contributed by atoms with Crippen molar-refractivity contribution in [2.75, 3.05) is 0 Å². The molecule has 0 radical (unpaired) electrons. The lowest BCUT2D eigenvalue weighted by Gasteiger charge is -2.15. The van der Waals surface area contributed by atoms with Crippen molar-refractivity contribution in [1.82, 2.24) is 5.43 Å². The molecule has 3 rings (SSSR count). The van der Waals surface area contributed by atoms with Gasteiger partial charge in [0.15, 0.2) is 0 Å². The second-order valence-corrected chi connectivity index (χ2v) is 4.70. The van der Waals surface area contributed by atoms with Gasteiger partial charge in [0, 0.05) is 10.9 Å². The van der Waals surface area contributed by atoms with Gasteiger partial charge < -0.3 is 4.42 Å². The number of halogens is 1. The Balaban J connectivity index is 1.96. The number of furan rings is 1. The summed E-state index contributed by atoms with van der Waals surface area (Å²) in [6, 6.07) is 14.2. The van der Waals surface area contributed by atoms with Crippen LogP contribution in [0.15, 0.2) is 59.2 Å². The maximum atomic E-state index is 13.7. The minimum Gasteiger partial charge on any atom is -0.464 e. The molecule has 1 aromatic heterocycles. The van der Waals surface area contributed by atoms with Crippen molar-refractivity contribution >= 4 is 11.0 Å². The maximum Gasteiger partial charge on any atom is 0.134 e. The highest BCUT2D eigenvalue weighted by molar-refractivity contribution is 5.81. The summed E-state index contributed by atoms with van der Waals surface area (Å²) in [7, 11) is 0. The van der Waals surface area contributed by atoms with Gasteiger partial charge in [-0.25, -0.2) is 4.39 Å². The topological polar surface area (TPSA) is 51.2 Å². The van der Waals surface area contributed by atoms with Crippen LogP contribution in [0.4, 0.5) is 4.39 Å². The third-order valence-corrected chi connectivity index (χ3v) is 3.47. The summed E-state index contributed by atoms with van der Waals surface area (Å²) in [4.78, 5) is 0. The molecule has 1 atom stereocenters. The average Bonchev–Trinajstić information content (AvgIpc) is 2.90. The minimum absolute atomic E-state index is 0.199. The van der Waals surface area contributed by atoms with Crippen molar-refractivity contribution in [3.63, 3.8) is 0 Å². The highest BCUT2D eigenvalue weighted by Crippen LogP contribution is 2.28. The third-order valence-electron chi connectivity index (χ3n) is 3.47. The number of para-hydroxylation sites is 1. The summed E-state index contributed by atoms with van der Waals surface area (Å²) in [5.74, 6) is 5.42. The molecule has 20 heavy (non-hydrogen) atoms. The molecule has 0 saturated heterocycles. The molecule has 102 valence electrons. The van der Waals surface area contributed by atoms with E-state index < -0.39 is 0 Å². The predicted molar refractivity (Wildman–Crippen MR) is 76.4 cm³/mol. The molecule has 0 aliphatic rings. The molecule has 0 bridgehead atoms. The molecular formula is C16H15FN2O. The molecule has 3 aromatic rings. The first kappa shape index (κ1) is 12.8. The number of nitrogens with two attached hydrogens (primary N) is 1. The van der Waals surface area contributed by atoms with Gasteiger partial charge in [-0.2, -0.15) is 0 Å². The summed E-state index contributed by atoms with van der Waals surface area (Å²) in [6.07, 6.45) is 2.14. The smallest absolute Gasteiger partial charge is 0.134 e. The van der Waals surface area contributed by atoms with Gasteiger partial charge in [-0.3, -0.25) is 11.3 Å². The van der Waals surface area contributed by atoms with Crippen molar-refractivity contribution in [1.29, 1.82) is 0 Å². The zero-order valence-electron chi connectivity index (χ0n) is 10.8. The third kappa shape index (κ3) is 2.31. The van der Waals surface area contributed by atoms with Crippen LogP contribution in [-0.4, -0.2) is 0 Å². The van der Waals surface area contributed by atoms with Crippen LogP contribution in [0.3, 0.4) is 0 Å². The normalized spacial score (nSPS) is 12.7. The van der Waals surface area contributed by atoms with Crippen LogP contribution in [0, 0.1) is 5.82 Å². The van der Waals surface area contributed by atoms with E-state index in [1.807, 2.05) is 30.3 Å². The first-order valence-corrected chi connectivity index (χ1v) is 6.45. The van der Waals surface area contributed by atoms with Crippen molar-refractivity contribution in [2.45, 2.75) is 12.5 Å². The summed E-state index contributed by atoms with van der Waals surface area (Å²) >= 11 is 0. The number of nitrogens with one attached hydrogen (secondary N) is 1. The molecule has 0 spiro atoms. The zero-order valence-corrected chi connectivity index (χ0v) is 10.8. The Morgan fingerprint density at radius 1 is 1.10 bits per heavy atom. The fraction of sp³-hybridized carbons (Fsp3) is 0.125. The summed E-state index contributed by atoms with van der Waals surface area (Å²) in [6.45, 7) is 0. The van der Waals surface area contributed by atoms with Crippen LogP contribution >= 0.6 is 0 Å². The maximum absolute atomic E-state index is 13.7. The molecule has 0 aliphatic carbocycles. The number of rotatable bonds is 4. The van der Waals surface area contributed by atoms with E-state index in [2.05, 4.69) is 5.43 Å². The number of hydrazine groups is 1. The van der Waals surface area contributed by atoms with Gasteiger partial charge in [0.2, 0.25) is 0 Å². The molecule has 1 heterocycles. The van der Waals surface area contributed by atoms with Gasteiger partial charge in [-0.15, -0.1) is 0 Å². The number of hydrogen-bond donors (Lipinski definition) is 2. The molecular weight excluding hydrogens is 255 g/mol. The second kappa shape index (κ2) is 5.45. The van der Waals surface area contributed by atoms with Crippen LogP contribution in [0.1, 0.15) is 17.2 Å². The SMILES string of the molecule is NNC(Cc1ccccc1F)c1coc2ccccc12. The second-order valence-electron chi connectivity index (χ2n) is 4.70. The number of hydrogen-bond acceptors (Lipinski definition) is 3.